The number of ether oxygens (including phenoxy) is 3. The third-order valence-corrected chi connectivity index (χ3v) is 3.26. The van der Waals surface area contributed by atoms with Crippen molar-refractivity contribution < 1.29 is 38.8 Å². The lowest BCUT2D eigenvalue weighted by Crippen LogP contribution is -2.33. The highest BCUT2D eigenvalue weighted by Crippen LogP contribution is 2.31. The molecule has 0 aliphatic rings. The van der Waals surface area contributed by atoms with Gasteiger partial charge in [-0.2, -0.15) is 5.26 Å². The second-order valence-corrected chi connectivity index (χ2v) is 5.22. The van der Waals surface area contributed by atoms with Crippen LogP contribution in [0.15, 0.2) is 0 Å². The fraction of sp³-hybridized carbons (Fsp3) is 0.750. The highest BCUT2D eigenvalue weighted by Gasteiger charge is 2.41. The Morgan fingerprint density at radius 3 is 1.76 bits per heavy atom. The predicted octanol–water partition coefficient (Wildman–Crippen LogP) is 0.0810. The average molecular weight is 359 g/mol. The maximum atomic E-state index is 12.3. The molecule has 9 heteroatoms. The van der Waals surface area contributed by atoms with E-state index in [1.54, 1.807) is 6.92 Å². The number of hydrogen-bond acceptors (Lipinski definition) is 9. The third-order valence-electron chi connectivity index (χ3n) is 3.26. The van der Waals surface area contributed by atoms with Crippen LogP contribution < -0.4 is 0 Å². The molecule has 0 aromatic rings. The lowest BCUT2D eigenvalue weighted by Gasteiger charge is -2.23. The largest absolute Gasteiger partial charge is 0.465 e. The standard InChI is InChI=1S/C16H25NO8/c1-2-9-25-15(22)16(12-17,5-3-13(20)23-10-7-18)6-4-14(21)24-11-8-19/h18-19H,2-11H2,1H3. The number of nitriles is 1. The van der Waals surface area contributed by atoms with Gasteiger partial charge in [-0.25, -0.2) is 0 Å². The highest BCUT2D eigenvalue weighted by molar-refractivity contribution is 5.82. The van der Waals surface area contributed by atoms with E-state index in [0.29, 0.717) is 6.42 Å². The van der Waals surface area contributed by atoms with Gasteiger partial charge in [-0.1, -0.05) is 6.92 Å². The molecule has 142 valence electrons. The molecule has 9 nitrogen and oxygen atoms in total. The van der Waals surface area contributed by atoms with E-state index < -0.39 is 23.3 Å². The van der Waals surface area contributed by atoms with Crippen molar-refractivity contribution in [1.82, 2.24) is 0 Å². The van der Waals surface area contributed by atoms with Gasteiger partial charge in [-0.3, -0.25) is 14.4 Å². The second-order valence-electron chi connectivity index (χ2n) is 5.22. The first-order valence-corrected chi connectivity index (χ1v) is 8.07. The zero-order valence-electron chi connectivity index (χ0n) is 14.4. The van der Waals surface area contributed by atoms with E-state index in [4.69, 9.17) is 24.4 Å². The van der Waals surface area contributed by atoms with Crippen molar-refractivity contribution in [2.45, 2.75) is 39.0 Å². The van der Waals surface area contributed by atoms with E-state index in [1.165, 1.54) is 0 Å². The smallest absolute Gasteiger partial charge is 0.326 e. The minimum Gasteiger partial charge on any atom is -0.465 e. The first-order valence-electron chi connectivity index (χ1n) is 8.07. The number of aliphatic hydroxyl groups excluding tert-OH is 2. The van der Waals surface area contributed by atoms with Gasteiger partial charge in [0, 0.05) is 12.8 Å². The molecule has 0 atom stereocenters. The van der Waals surface area contributed by atoms with E-state index in [2.05, 4.69) is 0 Å². The number of carbonyl (C=O) groups is 3. The molecule has 0 rings (SSSR count). The van der Waals surface area contributed by atoms with Crippen LogP contribution in [0.4, 0.5) is 0 Å². The molecular formula is C16H25NO8. The van der Waals surface area contributed by atoms with Crippen molar-refractivity contribution in [3.8, 4) is 6.07 Å². The van der Waals surface area contributed by atoms with Crippen LogP contribution in [0.2, 0.25) is 0 Å². The summed E-state index contributed by atoms with van der Waals surface area (Å²) >= 11 is 0. The summed E-state index contributed by atoms with van der Waals surface area (Å²) in [6.45, 7) is 0.902. The quantitative estimate of drug-likeness (QED) is 0.345. The van der Waals surface area contributed by atoms with E-state index >= 15 is 0 Å². The number of carbonyl (C=O) groups excluding carboxylic acids is 3. The minimum absolute atomic E-state index is 0.117. The molecule has 0 radical (unpaired) electrons. The molecule has 0 aliphatic heterocycles. The monoisotopic (exact) mass is 359 g/mol. The van der Waals surface area contributed by atoms with Crippen LogP contribution in [0.3, 0.4) is 0 Å². The Hall–Kier alpha value is -2.18. The van der Waals surface area contributed by atoms with Crippen LogP contribution in [0.25, 0.3) is 0 Å². The van der Waals surface area contributed by atoms with Crippen molar-refractivity contribution in [2.24, 2.45) is 5.41 Å². The van der Waals surface area contributed by atoms with Crippen molar-refractivity contribution in [1.29, 1.82) is 5.26 Å². The van der Waals surface area contributed by atoms with Crippen molar-refractivity contribution >= 4 is 17.9 Å². The van der Waals surface area contributed by atoms with Crippen LogP contribution in [-0.4, -0.2) is 61.2 Å². The molecule has 2 N–H and O–H groups in total. The molecule has 0 fully saturated rings. The van der Waals surface area contributed by atoms with Crippen LogP contribution in [0, 0.1) is 16.7 Å². The Morgan fingerprint density at radius 1 is 0.920 bits per heavy atom. The summed E-state index contributed by atoms with van der Waals surface area (Å²) in [4.78, 5) is 35.4. The summed E-state index contributed by atoms with van der Waals surface area (Å²) < 4.78 is 14.4. The fourth-order valence-corrected chi connectivity index (χ4v) is 1.91. The van der Waals surface area contributed by atoms with Crippen LogP contribution in [-0.2, 0) is 28.6 Å². The fourth-order valence-electron chi connectivity index (χ4n) is 1.91. The van der Waals surface area contributed by atoms with Gasteiger partial charge in [-0.15, -0.1) is 0 Å². The number of esters is 3. The Labute approximate surface area is 146 Å². The van der Waals surface area contributed by atoms with Gasteiger partial charge in [0.1, 0.15) is 13.2 Å². The topological polar surface area (TPSA) is 143 Å². The molecule has 0 aromatic heterocycles. The zero-order valence-corrected chi connectivity index (χ0v) is 14.4. The summed E-state index contributed by atoms with van der Waals surface area (Å²) in [6, 6.07) is 1.86. The summed E-state index contributed by atoms with van der Waals surface area (Å²) in [5.41, 5.74) is -1.67. The Bertz CT molecular complexity index is 447. The Morgan fingerprint density at radius 2 is 1.40 bits per heavy atom. The zero-order chi connectivity index (χ0) is 19.1. The van der Waals surface area contributed by atoms with Gasteiger partial charge in [0.05, 0.1) is 25.9 Å². The second kappa shape index (κ2) is 13.1. The first-order chi connectivity index (χ1) is 12.0. The van der Waals surface area contributed by atoms with Crippen molar-refractivity contribution in [2.75, 3.05) is 33.0 Å². The molecule has 25 heavy (non-hydrogen) atoms. The van der Waals surface area contributed by atoms with Gasteiger partial charge < -0.3 is 24.4 Å². The SMILES string of the molecule is CCCOC(=O)C(C#N)(CCC(=O)OCCO)CCC(=O)OCCO. The summed E-state index contributed by atoms with van der Waals surface area (Å²) in [5.74, 6) is -2.14. The van der Waals surface area contributed by atoms with Crippen LogP contribution in [0.1, 0.15) is 39.0 Å². The summed E-state index contributed by atoms with van der Waals surface area (Å²) in [6.07, 6.45) is -0.265. The molecule has 0 aromatic carbocycles. The molecule has 0 aliphatic carbocycles. The lowest BCUT2D eigenvalue weighted by atomic mass is 9.80. The third kappa shape index (κ3) is 9.02. The maximum Gasteiger partial charge on any atom is 0.326 e. The first kappa shape index (κ1) is 22.8. The number of rotatable bonds is 13. The molecule has 0 unspecified atom stereocenters. The molecule has 0 heterocycles. The molecule has 0 saturated carbocycles. The van der Waals surface area contributed by atoms with Crippen LogP contribution in [0.5, 0.6) is 0 Å². The number of nitrogens with zero attached hydrogens (tertiary/aromatic N) is 1. The minimum atomic E-state index is -1.67. The molecule has 0 saturated heterocycles. The molecule has 0 bridgehead atoms. The molecular weight excluding hydrogens is 334 g/mol. The maximum absolute atomic E-state index is 12.3. The Balaban J connectivity index is 4.94. The van der Waals surface area contributed by atoms with E-state index in [0.717, 1.165) is 0 Å². The van der Waals surface area contributed by atoms with Gasteiger partial charge in [-0.05, 0) is 19.3 Å². The number of aliphatic hydroxyl groups is 2. The predicted molar refractivity (Wildman–Crippen MR) is 83.9 cm³/mol. The van der Waals surface area contributed by atoms with Crippen molar-refractivity contribution in [3.05, 3.63) is 0 Å². The Kier molecular flexibility index (Phi) is 12.0. The lowest BCUT2D eigenvalue weighted by molar-refractivity contribution is -0.155. The molecule has 0 amide bonds. The van der Waals surface area contributed by atoms with Gasteiger partial charge in [0.25, 0.3) is 0 Å². The van der Waals surface area contributed by atoms with E-state index in [9.17, 15) is 19.6 Å². The highest BCUT2D eigenvalue weighted by atomic mass is 16.5. The summed E-state index contributed by atoms with van der Waals surface area (Å²) in [5, 5.41) is 26.7. The van der Waals surface area contributed by atoms with Gasteiger partial charge >= 0.3 is 17.9 Å². The van der Waals surface area contributed by atoms with Crippen LogP contribution >= 0.6 is 0 Å². The summed E-state index contributed by atoms with van der Waals surface area (Å²) in [7, 11) is 0. The van der Waals surface area contributed by atoms with Crippen molar-refractivity contribution in [3.63, 3.8) is 0 Å². The number of hydrogen-bond donors (Lipinski definition) is 2. The normalized spacial score (nSPS) is 10.6. The average Bonchev–Trinajstić information content (AvgIpc) is 2.63. The van der Waals surface area contributed by atoms with Gasteiger partial charge in [0.2, 0.25) is 0 Å². The van der Waals surface area contributed by atoms with E-state index in [1.807, 2.05) is 6.07 Å². The van der Waals surface area contributed by atoms with Gasteiger partial charge in [0.15, 0.2) is 5.41 Å². The molecule has 0 spiro atoms. The van der Waals surface area contributed by atoms with E-state index in [-0.39, 0.29) is 58.7 Å².